The van der Waals surface area contributed by atoms with Crippen LogP contribution in [0.2, 0.25) is 0 Å². The molecule has 10 heteroatoms. The minimum absolute atomic E-state index is 0.373. The van der Waals surface area contributed by atoms with Crippen LogP contribution in [0, 0.1) is 40.6 Å². The molecule has 0 spiro atoms. The monoisotopic (exact) mass is 1020 g/mol. The second-order valence-corrected chi connectivity index (χ2v) is 18.5. The SMILES string of the molecule is [C-]#[N+]/C(=C\c1ccc(/C=C/c2ccc(N(c3ccc(/C=C(\C)C=C(c4ccccc4)c4ccccc4)cc3)c3ccc(/C=C(\C#N)c4ccc(/C=C(\C#N)C(=O)O)s4)cc3)cc2)cc1)c1ccc(/C=C(\C#N)C(=O)O)cc1. The summed E-state index contributed by atoms with van der Waals surface area (Å²) in [4.78, 5) is 29.7. The van der Waals surface area contributed by atoms with Crippen molar-refractivity contribution < 1.29 is 19.8 Å². The molecule has 0 saturated carbocycles. The van der Waals surface area contributed by atoms with Crippen molar-refractivity contribution in [2.75, 3.05) is 4.90 Å². The van der Waals surface area contributed by atoms with Crippen LogP contribution in [-0.2, 0) is 9.59 Å². The summed E-state index contributed by atoms with van der Waals surface area (Å²) in [5, 5.41) is 47.0. The van der Waals surface area contributed by atoms with E-state index in [1.54, 1.807) is 60.7 Å². The summed E-state index contributed by atoms with van der Waals surface area (Å²) < 4.78 is 0. The fourth-order valence-electron chi connectivity index (χ4n) is 8.20. The van der Waals surface area contributed by atoms with Gasteiger partial charge in [0.2, 0.25) is 0 Å². The van der Waals surface area contributed by atoms with E-state index < -0.39 is 11.9 Å². The maximum Gasteiger partial charge on any atom is 0.346 e. The van der Waals surface area contributed by atoms with Crippen molar-refractivity contribution in [3.8, 4) is 18.2 Å². The fourth-order valence-corrected chi connectivity index (χ4v) is 9.12. The van der Waals surface area contributed by atoms with Gasteiger partial charge < -0.3 is 15.1 Å². The van der Waals surface area contributed by atoms with Gasteiger partial charge in [-0.15, -0.1) is 11.3 Å². The van der Waals surface area contributed by atoms with Crippen molar-refractivity contribution in [2.45, 2.75) is 6.92 Å². The summed E-state index contributed by atoms with van der Waals surface area (Å²) in [6.45, 7) is 9.91. The summed E-state index contributed by atoms with van der Waals surface area (Å²) in [5.74, 6) is -2.61. The molecule has 2 N–H and O–H groups in total. The van der Waals surface area contributed by atoms with Gasteiger partial charge in [0.25, 0.3) is 0 Å². The number of hydrogen-bond acceptors (Lipinski definition) is 7. The number of carboxylic acid groups (broad SMARTS) is 2. The minimum atomic E-state index is -1.31. The van der Waals surface area contributed by atoms with Crippen LogP contribution in [-0.4, -0.2) is 22.2 Å². The van der Waals surface area contributed by atoms with Crippen LogP contribution in [0.3, 0.4) is 0 Å². The van der Waals surface area contributed by atoms with E-state index >= 15 is 0 Å². The number of anilines is 3. The summed E-state index contributed by atoms with van der Waals surface area (Å²) >= 11 is 1.23. The molecule has 368 valence electrons. The van der Waals surface area contributed by atoms with Crippen LogP contribution in [0.25, 0.3) is 64.2 Å². The number of carbonyl (C=O) groups is 2. The number of nitriles is 3. The Balaban J connectivity index is 1.05. The summed E-state index contributed by atoms with van der Waals surface area (Å²) in [5.41, 5.74) is 13.1. The number of benzene rings is 7. The highest BCUT2D eigenvalue weighted by Crippen LogP contribution is 2.37. The largest absolute Gasteiger partial charge is 0.477 e. The molecule has 0 saturated heterocycles. The standard InChI is InChI=1S/C67H45N5O4S/c1-46(38-63(53-9-5-3-6-10-53)54-11-7-4-8-12-54)37-49-23-31-60(32-24-49)72(61-33-25-51(26-34-61)39-56(43-68)65-36-35-62(77-65)42-58(45-70)67(75)76)59-29-21-48(22-30-59)14-13-47-15-17-52(18-16-47)41-64(71-2)55-27-19-50(20-28-55)40-57(44-69)66(73)74/h3-42H,1H3,(H,73,74)(H,75,76)/b14-13+,46-37+,56-39+,57-40+,58-42+,64-41-. The van der Waals surface area contributed by atoms with E-state index in [2.05, 4.69) is 132 Å². The third-order valence-electron chi connectivity index (χ3n) is 12.0. The van der Waals surface area contributed by atoms with E-state index in [1.165, 1.54) is 23.5 Å². The first-order chi connectivity index (χ1) is 37.5. The lowest BCUT2D eigenvalue weighted by molar-refractivity contribution is -0.133. The number of nitrogens with zero attached hydrogens (tertiary/aromatic N) is 5. The molecule has 0 fully saturated rings. The first kappa shape index (κ1) is 52.4. The zero-order chi connectivity index (χ0) is 54.1. The molecule has 0 unspecified atom stereocenters. The van der Waals surface area contributed by atoms with Crippen molar-refractivity contribution in [2.24, 2.45) is 0 Å². The van der Waals surface area contributed by atoms with E-state index in [-0.39, 0.29) is 11.1 Å². The van der Waals surface area contributed by atoms with E-state index in [9.17, 15) is 30.3 Å². The molecule has 9 nitrogen and oxygen atoms in total. The van der Waals surface area contributed by atoms with Crippen LogP contribution in [0.15, 0.2) is 217 Å². The first-order valence-electron chi connectivity index (χ1n) is 24.0. The Bertz CT molecular complexity index is 3810. The van der Waals surface area contributed by atoms with Crippen LogP contribution in [0.4, 0.5) is 17.1 Å². The summed E-state index contributed by atoms with van der Waals surface area (Å²) in [6.07, 6.45) is 14.6. The van der Waals surface area contributed by atoms with Crippen molar-refractivity contribution in [3.05, 3.63) is 288 Å². The quantitative estimate of drug-likeness (QED) is 0.0300. The number of allylic oxidation sites excluding steroid dienone is 3. The molecule has 0 radical (unpaired) electrons. The Morgan fingerprint density at radius 1 is 0.494 bits per heavy atom. The van der Waals surface area contributed by atoms with Gasteiger partial charge >= 0.3 is 11.9 Å². The van der Waals surface area contributed by atoms with Gasteiger partial charge in [-0.25, -0.2) is 14.4 Å². The topological polar surface area (TPSA) is 154 Å². The molecule has 7 aromatic carbocycles. The number of carboxylic acids is 2. The van der Waals surface area contributed by atoms with Gasteiger partial charge in [0.15, 0.2) is 5.70 Å². The van der Waals surface area contributed by atoms with E-state index in [1.807, 2.05) is 72.8 Å². The van der Waals surface area contributed by atoms with E-state index in [0.29, 0.717) is 32.2 Å². The van der Waals surface area contributed by atoms with Crippen LogP contribution in [0.1, 0.15) is 66.7 Å². The molecule has 1 aromatic heterocycles. The number of hydrogen-bond donors (Lipinski definition) is 2. The van der Waals surface area contributed by atoms with Gasteiger partial charge in [0, 0.05) is 26.8 Å². The van der Waals surface area contributed by atoms with Gasteiger partial charge in [-0.3, -0.25) is 0 Å². The molecule has 77 heavy (non-hydrogen) atoms. The van der Waals surface area contributed by atoms with Gasteiger partial charge in [-0.1, -0.05) is 170 Å². The lowest BCUT2D eigenvalue weighted by atomic mass is 9.95. The summed E-state index contributed by atoms with van der Waals surface area (Å²) in [7, 11) is 0. The zero-order valence-electron chi connectivity index (χ0n) is 41.4. The number of aliphatic carboxylic acids is 2. The second kappa shape index (κ2) is 25.2. The maximum atomic E-state index is 11.4. The molecule has 0 bridgehead atoms. The lowest BCUT2D eigenvalue weighted by Crippen LogP contribution is -2.09. The van der Waals surface area contributed by atoms with Gasteiger partial charge in [-0.2, -0.15) is 15.8 Å². The molecule has 8 rings (SSSR count). The molecule has 8 aromatic rings. The van der Waals surface area contributed by atoms with Crippen molar-refractivity contribution in [3.63, 3.8) is 0 Å². The first-order valence-corrected chi connectivity index (χ1v) is 24.8. The minimum Gasteiger partial charge on any atom is -0.477 e. The van der Waals surface area contributed by atoms with Gasteiger partial charge in [0.1, 0.15) is 29.4 Å². The van der Waals surface area contributed by atoms with Gasteiger partial charge in [-0.05, 0) is 141 Å². The Labute approximate surface area is 451 Å². The maximum absolute atomic E-state index is 11.4. The Kier molecular flexibility index (Phi) is 17.1. The molecular weight excluding hydrogens is 971 g/mol. The fraction of sp³-hybridized carbons (Fsp3) is 0.0149. The Morgan fingerprint density at radius 2 is 0.922 bits per heavy atom. The van der Waals surface area contributed by atoms with Crippen molar-refractivity contribution in [1.29, 1.82) is 15.8 Å². The molecule has 0 atom stereocenters. The second-order valence-electron chi connectivity index (χ2n) is 17.4. The molecule has 0 aliphatic heterocycles. The number of rotatable bonds is 17. The van der Waals surface area contributed by atoms with E-state index in [4.69, 9.17) is 11.8 Å². The smallest absolute Gasteiger partial charge is 0.346 e. The Hall–Kier alpha value is -10.9. The highest BCUT2D eigenvalue weighted by molar-refractivity contribution is 7.14. The highest BCUT2D eigenvalue weighted by Gasteiger charge is 2.15. The number of thiophene rings is 1. The van der Waals surface area contributed by atoms with Crippen molar-refractivity contribution in [1.82, 2.24) is 0 Å². The third-order valence-corrected chi connectivity index (χ3v) is 13.1. The predicted octanol–water partition coefficient (Wildman–Crippen LogP) is 16.4. The molecule has 0 aliphatic rings. The normalized spacial score (nSPS) is 11.9. The predicted molar refractivity (Wildman–Crippen MR) is 311 cm³/mol. The molecular formula is C67H45N5O4S. The highest BCUT2D eigenvalue weighted by atomic mass is 32.1. The average molecular weight is 1020 g/mol. The average Bonchev–Trinajstić information content (AvgIpc) is 3.94. The third kappa shape index (κ3) is 13.8. The van der Waals surface area contributed by atoms with Gasteiger partial charge in [0.05, 0.1) is 12.1 Å². The molecule has 0 amide bonds. The molecule has 1 heterocycles. The van der Waals surface area contributed by atoms with Crippen LogP contribution >= 0.6 is 11.3 Å². The Morgan fingerprint density at radius 3 is 1.40 bits per heavy atom. The zero-order valence-corrected chi connectivity index (χ0v) is 42.3. The van der Waals surface area contributed by atoms with Crippen molar-refractivity contribution >= 4 is 99.7 Å². The summed E-state index contributed by atoms with van der Waals surface area (Å²) in [6, 6.07) is 69.0. The lowest BCUT2D eigenvalue weighted by Gasteiger charge is -2.26. The van der Waals surface area contributed by atoms with Crippen LogP contribution in [0.5, 0.6) is 0 Å². The van der Waals surface area contributed by atoms with E-state index in [0.717, 1.165) is 67.2 Å². The molecule has 0 aliphatic carbocycles. The van der Waals surface area contributed by atoms with Crippen LogP contribution < -0.4 is 4.90 Å².